The number of carboxylic acids is 1. The summed E-state index contributed by atoms with van der Waals surface area (Å²) in [7, 11) is 0. The smallest absolute Gasteiger partial charge is 0.303 e. The molecule has 1 atom stereocenters. The Balaban J connectivity index is 1.83. The monoisotopic (exact) mass is 325 g/mol. The van der Waals surface area contributed by atoms with E-state index in [-0.39, 0.29) is 12.3 Å². The lowest BCUT2D eigenvalue weighted by Gasteiger charge is -2.12. The van der Waals surface area contributed by atoms with Crippen LogP contribution in [-0.2, 0) is 17.9 Å². The molecule has 0 amide bonds. The summed E-state index contributed by atoms with van der Waals surface area (Å²) in [5.41, 5.74) is 2.85. The summed E-state index contributed by atoms with van der Waals surface area (Å²) in [5, 5.41) is 17.8. The number of hydrogen-bond donors (Lipinski definition) is 1. The summed E-state index contributed by atoms with van der Waals surface area (Å²) in [6.07, 6.45) is 1.76. The molecule has 24 heavy (non-hydrogen) atoms. The highest BCUT2D eigenvalue weighted by atomic mass is 19.1. The Morgan fingerprint density at radius 3 is 2.88 bits per heavy atom. The van der Waals surface area contributed by atoms with Crippen molar-refractivity contribution in [3.05, 3.63) is 58.7 Å². The third-order valence-electron chi connectivity index (χ3n) is 4.30. The van der Waals surface area contributed by atoms with Crippen LogP contribution in [0.15, 0.2) is 36.4 Å². The molecule has 0 spiro atoms. The minimum atomic E-state index is -0.793. The zero-order valence-corrected chi connectivity index (χ0v) is 13.0. The SMILES string of the molecule is N#Cc1ccc(Oc2ccc3c(c2)CC[C@H]3CC(=O)O)c(CF)c1. The van der Waals surface area contributed by atoms with E-state index in [0.29, 0.717) is 22.6 Å². The van der Waals surface area contributed by atoms with Crippen molar-refractivity contribution in [2.45, 2.75) is 31.9 Å². The van der Waals surface area contributed by atoms with Gasteiger partial charge >= 0.3 is 5.97 Å². The van der Waals surface area contributed by atoms with Crippen LogP contribution in [0, 0.1) is 11.3 Å². The maximum absolute atomic E-state index is 13.2. The van der Waals surface area contributed by atoms with Crippen molar-refractivity contribution in [1.82, 2.24) is 0 Å². The number of benzene rings is 2. The highest BCUT2D eigenvalue weighted by molar-refractivity contribution is 5.68. The standard InChI is InChI=1S/C19H16FNO3/c20-10-15-7-12(11-21)1-6-18(15)24-16-4-5-17-13(8-16)2-3-14(17)9-19(22)23/h1,4-8,14H,2-3,9-10H2,(H,22,23)/t14-/m0/s1. The van der Waals surface area contributed by atoms with Crippen molar-refractivity contribution in [2.75, 3.05) is 0 Å². The van der Waals surface area contributed by atoms with E-state index in [1.54, 1.807) is 18.2 Å². The minimum absolute atomic E-state index is 0.0443. The summed E-state index contributed by atoms with van der Waals surface area (Å²) in [6, 6.07) is 12.2. The Kier molecular flexibility index (Phi) is 4.48. The number of aliphatic carboxylic acids is 1. The van der Waals surface area contributed by atoms with Crippen LogP contribution in [0.4, 0.5) is 4.39 Å². The van der Waals surface area contributed by atoms with Gasteiger partial charge in [-0.15, -0.1) is 0 Å². The van der Waals surface area contributed by atoms with E-state index in [1.807, 2.05) is 18.2 Å². The van der Waals surface area contributed by atoms with Gasteiger partial charge in [-0.25, -0.2) is 4.39 Å². The molecule has 0 fully saturated rings. The molecule has 3 rings (SSSR count). The zero-order valence-electron chi connectivity index (χ0n) is 13.0. The molecule has 1 aliphatic carbocycles. The topological polar surface area (TPSA) is 70.3 Å². The van der Waals surface area contributed by atoms with Gasteiger partial charge in [0.15, 0.2) is 0 Å². The van der Waals surface area contributed by atoms with Gasteiger partial charge in [-0.3, -0.25) is 4.79 Å². The van der Waals surface area contributed by atoms with Crippen LogP contribution in [0.25, 0.3) is 0 Å². The van der Waals surface area contributed by atoms with Gasteiger partial charge in [-0.05, 0) is 60.2 Å². The number of ether oxygens (including phenoxy) is 1. The fraction of sp³-hybridized carbons (Fsp3) is 0.263. The number of halogens is 1. The van der Waals surface area contributed by atoms with E-state index >= 15 is 0 Å². The van der Waals surface area contributed by atoms with Crippen molar-refractivity contribution in [3.8, 4) is 17.6 Å². The molecule has 4 nitrogen and oxygen atoms in total. The summed E-state index contributed by atoms with van der Waals surface area (Å²) in [5.74, 6) is 0.224. The average molecular weight is 325 g/mol. The molecular weight excluding hydrogens is 309 g/mol. The van der Waals surface area contributed by atoms with Gasteiger partial charge in [-0.2, -0.15) is 5.26 Å². The molecule has 1 N–H and O–H groups in total. The van der Waals surface area contributed by atoms with Crippen LogP contribution in [0.3, 0.4) is 0 Å². The van der Waals surface area contributed by atoms with E-state index in [0.717, 1.165) is 24.0 Å². The maximum atomic E-state index is 13.2. The van der Waals surface area contributed by atoms with E-state index in [1.165, 1.54) is 6.07 Å². The Bertz CT molecular complexity index is 826. The van der Waals surface area contributed by atoms with Gasteiger partial charge in [0.25, 0.3) is 0 Å². The van der Waals surface area contributed by atoms with E-state index in [9.17, 15) is 9.18 Å². The number of alkyl halides is 1. The van der Waals surface area contributed by atoms with Gasteiger partial charge in [0.1, 0.15) is 18.2 Å². The minimum Gasteiger partial charge on any atom is -0.481 e. The molecular formula is C19H16FNO3. The number of aryl methyl sites for hydroxylation is 1. The second-order valence-electron chi connectivity index (χ2n) is 5.86. The molecule has 0 unspecified atom stereocenters. The van der Waals surface area contributed by atoms with Crippen LogP contribution < -0.4 is 4.74 Å². The summed E-state index contributed by atoms with van der Waals surface area (Å²) in [6.45, 7) is -0.712. The third-order valence-corrected chi connectivity index (χ3v) is 4.30. The van der Waals surface area contributed by atoms with Gasteiger partial charge in [0.2, 0.25) is 0 Å². The Morgan fingerprint density at radius 2 is 2.17 bits per heavy atom. The molecule has 0 bridgehead atoms. The Morgan fingerprint density at radius 1 is 1.33 bits per heavy atom. The van der Waals surface area contributed by atoms with Crippen LogP contribution in [-0.4, -0.2) is 11.1 Å². The maximum Gasteiger partial charge on any atom is 0.303 e. The first-order chi connectivity index (χ1) is 11.6. The Labute approximate surface area is 139 Å². The van der Waals surface area contributed by atoms with Crippen molar-refractivity contribution < 1.29 is 19.0 Å². The fourth-order valence-electron chi connectivity index (χ4n) is 3.15. The Hall–Kier alpha value is -2.87. The van der Waals surface area contributed by atoms with Crippen LogP contribution in [0.2, 0.25) is 0 Å². The third kappa shape index (κ3) is 3.23. The molecule has 0 radical (unpaired) electrons. The number of nitriles is 1. The fourth-order valence-corrected chi connectivity index (χ4v) is 3.15. The summed E-state index contributed by atoms with van der Waals surface area (Å²) < 4.78 is 18.9. The number of nitrogens with zero attached hydrogens (tertiary/aromatic N) is 1. The molecule has 0 aliphatic heterocycles. The highest BCUT2D eigenvalue weighted by Crippen LogP contribution is 2.38. The van der Waals surface area contributed by atoms with E-state index in [2.05, 4.69) is 0 Å². The lowest BCUT2D eigenvalue weighted by molar-refractivity contribution is -0.137. The largest absolute Gasteiger partial charge is 0.481 e. The second-order valence-corrected chi connectivity index (χ2v) is 5.86. The predicted molar refractivity (Wildman–Crippen MR) is 85.8 cm³/mol. The van der Waals surface area contributed by atoms with Gasteiger partial charge in [-0.1, -0.05) is 6.07 Å². The molecule has 0 saturated heterocycles. The van der Waals surface area contributed by atoms with Gasteiger partial charge in [0, 0.05) is 5.56 Å². The number of rotatable bonds is 5. The zero-order chi connectivity index (χ0) is 17.1. The van der Waals surface area contributed by atoms with Crippen molar-refractivity contribution in [1.29, 1.82) is 5.26 Å². The van der Waals surface area contributed by atoms with Gasteiger partial charge < -0.3 is 9.84 Å². The van der Waals surface area contributed by atoms with E-state index in [4.69, 9.17) is 15.1 Å². The molecule has 5 heteroatoms. The van der Waals surface area contributed by atoms with Crippen LogP contribution in [0.5, 0.6) is 11.5 Å². The quantitative estimate of drug-likeness (QED) is 0.888. The second kappa shape index (κ2) is 6.71. The predicted octanol–water partition coefficient (Wildman–Crippen LogP) is 4.32. The summed E-state index contributed by atoms with van der Waals surface area (Å²) >= 11 is 0. The van der Waals surface area contributed by atoms with Crippen molar-refractivity contribution in [3.63, 3.8) is 0 Å². The first-order valence-electron chi connectivity index (χ1n) is 7.72. The normalized spacial score (nSPS) is 15.6. The molecule has 1 aliphatic rings. The first kappa shape index (κ1) is 16.0. The van der Waals surface area contributed by atoms with Crippen LogP contribution >= 0.6 is 0 Å². The lowest BCUT2D eigenvalue weighted by atomic mass is 9.98. The molecule has 0 aromatic heterocycles. The lowest BCUT2D eigenvalue weighted by Crippen LogP contribution is -2.03. The molecule has 0 saturated carbocycles. The van der Waals surface area contributed by atoms with Crippen molar-refractivity contribution in [2.24, 2.45) is 0 Å². The number of carboxylic acid groups (broad SMARTS) is 1. The molecule has 2 aromatic rings. The van der Waals surface area contributed by atoms with Gasteiger partial charge in [0.05, 0.1) is 18.1 Å². The number of fused-ring (bicyclic) bond motifs is 1. The summed E-state index contributed by atoms with van der Waals surface area (Å²) in [4.78, 5) is 10.9. The number of carbonyl (C=O) groups is 1. The van der Waals surface area contributed by atoms with Crippen molar-refractivity contribution >= 4 is 5.97 Å². The molecule has 122 valence electrons. The molecule has 2 aromatic carbocycles. The average Bonchev–Trinajstić information content (AvgIpc) is 2.96. The first-order valence-corrected chi connectivity index (χ1v) is 7.72. The van der Waals surface area contributed by atoms with Crippen LogP contribution in [0.1, 0.15) is 41.0 Å². The van der Waals surface area contributed by atoms with E-state index < -0.39 is 12.6 Å². The number of hydrogen-bond acceptors (Lipinski definition) is 3. The highest BCUT2D eigenvalue weighted by Gasteiger charge is 2.25. The molecule has 0 heterocycles.